The van der Waals surface area contributed by atoms with Crippen LogP contribution in [0.2, 0.25) is 0 Å². The highest BCUT2D eigenvalue weighted by molar-refractivity contribution is 6.03. The Morgan fingerprint density at radius 1 is 1.05 bits per heavy atom. The number of ether oxygens (including phenoxy) is 2. The van der Waals surface area contributed by atoms with Gasteiger partial charge in [0.15, 0.2) is 0 Å². The first-order valence-electron chi connectivity index (χ1n) is 13.9. The van der Waals surface area contributed by atoms with Crippen LogP contribution in [0.1, 0.15) is 39.2 Å². The summed E-state index contributed by atoms with van der Waals surface area (Å²) in [5.74, 6) is -2.13. The summed E-state index contributed by atoms with van der Waals surface area (Å²) in [6, 6.07) is 15.8. The molecule has 2 N–H and O–H groups in total. The highest BCUT2D eigenvalue weighted by Crippen LogP contribution is 2.33. The molecule has 0 aliphatic carbocycles. The van der Waals surface area contributed by atoms with Gasteiger partial charge in [0.25, 0.3) is 0 Å². The summed E-state index contributed by atoms with van der Waals surface area (Å²) in [7, 11) is 1.21. The quantitative estimate of drug-likeness (QED) is 0.277. The van der Waals surface area contributed by atoms with Crippen LogP contribution in [0, 0.1) is 5.92 Å². The molecule has 0 unspecified atom stereocenters. The Hall–Kier alpha value is -4.71. The Kier molecular flexibility index (Phi) is 9.81. The van der Waals surface area contributed by atoms with Crippen molar-refractivity contribution in [1.29, 1.82) is 0 Å². The summed E-state index contributed by atoms with van der Waals surface area (Å²) in [4.78, 5) is 63.5. The number of carbonyl (C=O) groups is 4. The van der Waals surface area contributed by atoms with Gasteiger partial charge in [0.2, 0.25) is 5.91 Å². The molecule has 1 fully saturated rings. The van der Waals surface area contributed by atoms with Gasteiger partial charge in [-0.1, -0.05) is 48.5 Å². The number of esters is 1. The van der Waals surface area contributed by atoms with E-state index < -0.39 is 47.7 Å². The lowest BCUT2D eigenvalue weighted by Gasteiger charge is -2.44. The summed E-state index contributed by atoms with van der Waals surface area (Å²) >= 11 is 0. The molecule has 0 saturated carbocycles. The maximum absolute atomic E-state index is 13.8. The zero-order valence-electron chi connectivity index (χ0n) is 24.6. The van der Waals surface area contributed by atoms with Gasteiger partial charge >= 0.3 is 18.2 Å². The third-order valence-electron chi connectivity index (χ3n) is 6.94. The molecule has 1 aliphatic heterocycles. The Morgan fingerprint density at radius 2 is 1.77 bits per heavy atom. The van der Waals surface area contributed by atoms with Crippen molar-refractivity contribution in [3.63, 3.8) is 0 Å². The summed E-state index contributed by atoms with van der Waals surface area (Å²) in [5, 5.41) is 14.9. The number of nitrogens with one attached hydrogen (secondary N) is 1. The van der Waals surface area contributed by atoms with Gasteiger partial charge in [-0.25, -0.2) is 9.59 Å². The third-order valence-corrected chi connectivity index (χ3v) is 6.94. The molecule has 43 heavy (non-hydrogen) atoms. The van der Waals surface area contributed by atoms with Gasteiger partial charge in [-0.3, -0.25) is 24.3 Å². The van der Waals surface area contributed by atoms with E-state index in [9.17, 15) is 24.3 Å². The molecule has 1 saturated heterocycles. The van der Waals surface area contributed by atoms with Gasteiger partial charge in [-0.2, -0.15) is 5.06 Å². The molecule has 4 rings (SSSR count). The van der Waals surface area contributed by atoms with E-state index in [0.29, 0.717) is 11.2 Å². The Balaban J connectivity index is 1.66. The number of hydroxylamine groups is 2. The second-order valence-corrected chi connectivity index (χ2v) is 11.2. The predicted molar refractivity (Wildman–Crippen MR) is 157 cm³/mol. The Morgan fingerprint density at radius 3 is 2.44 bits per heavy atom. The summed E-state index contributed by atoms with van der Waals surface area (Å²) in [6.45, 7) is 4.84. The number of aromatic nitrogens is 1. The van der Waals surface area contributed by atoms with Crippen molar-refractivity contribution >= 4 is 40.7 Å². The predicted octanol–water partition coefficient (Wildman–Crippen LogP) is 4.84. The number of piperidine rings is 1. The zero-order valence-corrected chi connectivity index (χ0v) is 24.6. The summed E-state index contributed by atoms with van der Waals surface area (Å²) in [5.41, 5.74) is 0.833. The number of carboxylic acid groups (broad SMARTS) is 1. The second kappa shape index (κ2) is 13.5. The first kappa shape index (κ1) is 31.2. The highest BCUT2D eigenvalue weighted by Gasteiger charge is 2.47. The number of pyridine rings is 1. The van der Waals surface area contributed by atoms with Crippen LogP contribution in [0.5, 0.6) is 0 Å². The fraction of sp³-hybridized carbons (Fsp3) is 0.387. The van der Waals surface area contributed by atoms with Crippen LogP contribution in [-0.2, 0) is 30.5 Å². The maximum atomic E-state index is 13.8. The number of amides is 3. The molecule has 0 spiro atoms. The van der Waals surface area contributed by atoms with Gasteiger partial charge in [-0.05, 0) is 44.9 Å². The number of hydrogen-bond acceptors (Lipinski definition) is 8. The number of likely N-dealkylation sites (tertiary alicyclic amines) is 1. The van der Waals surface area contributed by atoms with E-state index in [1.807, 2.05) is 42.5 Å². The van der Waals surface area contributed by atoms with Crippen molar-refractivity contribution in [2.75, 3.05) is 19.0 Å². The molecule has 228 valence electrons. The van der Waals surface area contributed by atoms with E-state index in [1.165, 1.54) is 7.11 Å². The molecular weight excluding hydrogens is 556 g/mol. The van der Waals surface area contributed by atoms with E-state index in [2.05, 4.69) is 10.3 Å². The topological polar surface area (TPSA) is 148 Å². The lowest BCUT2D eigenvalue weighted by molar-refractivity contribution is -0.193. The second-order valence-electron chi connectivity index (χ2n) is 11.2. The highest BCUT2D eigenvalue weighted by atomic mass is 16.7. The lowest BCUT2D eigenvalue weighted by Crippen LogP contribution is -2.62. The van der Waals surface area contributed by atoms with Crippen LogP contribution in [-0.4, -0.2) is 75.5 Å². The number of benzene rings is 2. The molecule has 12 heteroatoms. The fourth-order valence-electron chi connectivity index (χ4n) is 5.11. The standard InChI is InChI=1S/C31H36N4O8/c1-31(2,3)43-30(40)35(42-19-20-10-6-5-7-11-20)23-16-22(17-25(36)41-4)27(34(18-23)29(38)39)28(37)33-24-14-8-12-21-13-9-15-32-26(21)24/h5-15,22-23,27H,16-19H2,1-4H3,(H,33,37)(H,38,39)/t22-,23+,27-/m0/s1. The minimum atomic E-state index is -1.40. The fourth-order valence-corrected chi connectivity index (χ4v) is 5.11. The van der Waals surface area contributed by atoms with Gasteiger partial charge in [0, 0.05) is 24.0 Å². The normalized spacial score (nSPS) is 18.5. The monoisotopic (exact) mass is 592 g/mol. The van der Waals surface area contributed by atoms with Crippen molar-refractivity contribution in [2.24, 2.45) is 5.92 Å². The first-order valence-corrected chi connectivity index (χ1v) is 13.9. The summed E-state index contributed by atoms with van der Waals surface area (Å²) < 4.78 is 10.5. The Labute approximate surface area is 249 Å². The summed E-state index contributed by atoms with van der Waals surface area (Å²) in [6.07, 6.45) is -0.848. The number of carbonyl (C=O) groups excluding carboxylic acids is 3. The molecule has 0 bridgehead atoms. The van der Waals surface area contributed by atoms with Crippen molar-refractivity contribution in [2.45, 2.75) is 57.9 Å². The van der Waals surface area contributed by atoms with E-state index in [1.54, 1.807) is 45.2 Å². The van der Waals surface area contributed by atoms with Crippen molar-refractivity contribution < 1.29 is 38.6 Å². The van der Waals surface area contributed by atoms with Crippen LogP contribution in [0.25, 0.3) is 10.9 Å². The zero-order chi connectivity index (χ0) is 31.1. The minimum absolute atomic E-state index is 0.00329. The van der Waals surface area contributed by atoms with Crippen LogP contribution >= 0.6 is 0 Å². The number of methoxy groups -OCH3 is 1. The van der Waals surface area contributed by atoms with Crippen LogP contribution in [0.15, 0.2) is 66.9 Å². The molecule has 3 amide bonds. The van der Waals surface area contributed by atoms with Crippen LogP contribution in [0.3, 0.4) is 0 Å². The van der Waals surface area contributed by atoms with E-state index >= 15 is 0 Å². The smallest absolute Gasteiger partial charge is 0.434 e. The molecule has 1 aromatic heterocycles. The third kappa shape index (κ3) is 7.98. The average Bonchev–Trinajstić information content (AvgIpc) is 2.96. The molecule has 1 aliphatic rings. The SMILES string of the molecule is COC(=O)C[C@@H]1C[C@@H](N(OCc2ccccc2)C(=O)OC(C)(C)C)CN(C(=O)O)[C@@H]1C(=O)Nc1cccc2cccnc12. The van der Waals surface area contributed by atoms with E-state index in [4.69, 9.17) is 14.3 Å². The molecule has 2 aromatic carbocycles. The maximum Gasteiger partial charge on any atom is 0.434 e. The van der Waals surface area contributed by atoms with Gasteiger partial charge in [-0.15, -0.1) is 0 Å². The number of para-hydroxylation sites is 1. The molecule has 3 atom stereocenters. The first-order chi connectivity index (χ1) is 20.5. The molecule has 0 radical (unpaired) electrons. The average molecular weight is 593 g/mol. The molecule has 2 heterocycles. The van der Waals surface area contributed by atoms with Crippen LogP contribution in [0.4, 0.5) is 15.3 Å². The minimum Gasteiger partial charge on any atom is -0.469 e. The van der Waals surface area contributed by atoms with E-state index in [-0.39, 0.29) is 26.0 Å². The number of nitrogens with zero attached hydrogens (tertiary/aromatic N) is 3. The van der Waals surface area contributed by atoms with E-state index in [0.717, 1.165) is 20.9 Å². The van der Waals surface area contributed by atoms with Crippen molar-refractivity contribution in [1.82, 2.24) is 14.9 Å². The largest absolute Gasteiger partial charge is 0.469 e. The van der Waals surface area contributed by atoms with Crippen LogP contribution < -0.4 is 5.32 Å². The van der Waals surface area contributed by atoms with Gasteiger partial charge in [0.05, 0.1) is 30.8 Å². The van der Waals surface area contributed by atoms with Gasteiger partial charge in [0.1, 0.15) is 18.2 Å². The van der Waals surface area contributed by atoms with Crippen molar-refractivity contribution in [3.8, 4) is 0 Å². The number of fused-ring (bicyclic) bond motifs is 1. The lowest BCUT2D eigenvalue weighted by atomic mass is 9.83. The molecule has 3 aromatic rings. The number of anilines is 1. The van der Waals surface area contributed by atoms with Gasteiger partial charge < -0.3 is 19.9 Å². The Bertz CT molecular complexity index is 1450. The van der Waals surface area contributed by atoms with Crippen molar-refractivity contribution in [3.05, 3.63) is 72.4 Å². The number of hydrogen-bond donors (Lipinski definition) is 2. The number of rotatable bonds is 8. The molecular formula is C31H36N4O8. The molecule has 12 nitrogen and oxygen atoms in total.